The second-order valence-electron chi connectivity index (χ2n) is 7.50. The fraction of sp³-hybridized carbons (Fsp3) is 0.154. The number of hydrogen-bond donors (Lipinski definition) is 0. The normalized spacial score (nSPS) is 15.3. The molecule has 2 heterocycles. The molecule has 1 aliphatic rings. The van der Waals surface area contributed by atoms with Crippen molar-refractivity contribution in [1.82, 2.24) is 0 Å². The second kappa shape index (κ2) is 7.76. The van der Waals surface area contributed by atoms with E-state index in [1.807, 2.05) is 61.5 Å². The monoisotopic (exact) mass is 411 g/mol. The van der Waals surface area contributed by atoms with Gasteiger partial charge in [-0.15, -0.1) is 0 Å². The van der Waals surface area contributed by atoms with Gasteiger partial charge in [0.05, 0.1) is 23.6 Å². The van der Waals surface area contributed by atoms with Gasteiger partial charge < -0.3 is 9.15 Å². The van der Waals surface area contributed by atoms with E-state index in [1.54, 1.807) is 29.2 Å². The van der Waals surface area contributed by atoms with E-state index in [9.17, 15) is 9.59 Å². The summed E-state index contributed by atoms with van der Waals surface area (Å²) in [6.07, 6.45) is 0.890. The van der Waals surface area contributed by atoms with Gasteiger partial charge in [0.1, 0.15) is 11.3 Å². The van der Waals surface area contributed by atoms with Crippen LogP contribution in [-0.4, -0.2) is 12.5 Å². The molecule has 0 radical (unpaired) electrons. The molecule has 1 aliphatic heterocycles. The van der Waals surface area contributed by atoms with Gasteiger partial charge in [0.15, 0.2) is 5.43 Å². The van der Waals surface area contributed by atoms with Crippen LogP contribution in [0.25, 0.3) is 11.0 Å². The second-order valence-corrected chi connectivity index (χ2v) is 7.50. The van der Waals surface area contributed by atoms with E-state index >= 15 is 0 Å². The molecule has 5 nitrogen and oxygen atoms in total. The van der Waals surface area contributed by atoms with Crippen LogP contribution in [0.4, 0.5) is 5.69 Å². The molecule has 1 amide bonds. The van der Waals surface area contributed by atoms with Crippen LogP contribution in [-0.2, 0) is 0 Å². The van der Waals surface area contributed by atoms with E-state index in [-0.39, 0.29) is 17.1 Å². The summed E-state index contributed by atoms with van der Waals surface area (Å²) in [6, 6.07) is 23.4. The Morgan fingerprint density at radius 1 is 0.935 bits per heavy atom. The van der Waals surface area contributed by atoms with E-state index in [1.165, 1.54) is 0 Å². The summed E-state index contributed by atoms with van der Waals surface area (Å²) in [4.78, 5) is 28.6. The average molecular weight is 411 g/mol. The van der Waals surface area contributed by atoms with Gasteiger partial charge in [0, 0.05) is 5.69 Å². The van der Waals surface area contributed by atoms with Crippen molar-refractivity contribution in [1.29, 1.82) is 0 Å². The topological polar surface area (TPSA) is 59.8 Å². The molecule has 5 heteroatoms. The van der Waals surface area contributed by atoms with Crippen LogP contribution in [0.5, 0.6) is 5.75 Å². The van der Waals surface area contributed by atoms with E-state index < -0.39 is 6.04 Å². The molecular weight excluding hydrogens is 390 g/mol. The Bertz CT molecular complexity index is 1330. The molecule has 3 aromatic carbocycles. The van der Waals surface area contributed by atoms with Gasteiger partial charge >= 0.3 is 0 Å². The molecule has 0 fully saturated rings. The van der Waals surface area contributed by atoms with Crippen molar-refractivity contribution in [2.45, 2.75) is 19.4 Å². The highest BCUT2D eigenvalue weighted by Gasteiger charge is 2.43. The number of anilines is 1. The van der Waals surface area contributed by atoms with Gasteiger partial charge in [-0.2, -0.15) is 0 Å². The summed E-state index contributed by atoms with van der Waals surface area (Å²) in [6.45, 7) is 2.64. The number of amides is 1. The fourth-order valence-corrected chi connectivity index (χ4v) is 4.08. The molecule has 1 atom stereocenters. The van der Waals surface area contributed by atoms with Crippen molar-refractivity contribution in [3.05, 3.63) is 106 Å². The first-order chi connectivity index (χ1) is 15.2. The number of fused-ring (bicyclic) bond motifs is 2. The highest BCUT2D eigenvalue weighted by Crippen LogP contribution is 2.41. The molecule has 154 valence electrons. The molecule has 0 saturated heterocycles. The first-order valence-electron chi connectivity index (χ1n) is 10.4. The van der Waals surface area contributed by atoms with Crippen LogP contribution in [0.15, 0.2) is 88.1 Å². The van der Waals surface area contributed by atoms with Crippen molar-refractivity contribution in [3.8, 4) is 5.75 Å². The first-order valence-corrected chi connectivity index (χ1v) is 10.4. The summed E-state index contributed by atoms with van der Waals surface area (Å²) in [5.74, 6) is 0.477. The maximum absolute atomic E-state index is 13.5. The van der Waals surface area contributed by atoms with Crippen molar-refractivity contribution in [3.63, 3.8) is 0 Å². The highest BCUT2D eigenvalue weighted by atomic mass is 16.5. The highest BCUT2D eigenvalue weighted by molar-refractivity contribution is 6.10. The lowest BCUT2D eigenvalue weighted by Crippen LogP contribution is -2.29. The van der Waals surface area contributed by atoms with Crippen LogP contribution in [0.2, 0.25) is 0 Å². The minimum atomic E-state index is -0.601. The SMILES string of the molecule is CCCOc1cccc(C2c3c(oc4ccccc4c3=O)C(=O)N2c2ccccc2)c1. The summed E-state index contributed by atoms with van der Waals surface area (Å²) in [7, 11) is 0. The molecule has 0 N–H and O–H groups in total. The third kappa shape index (κ3) is 3.19. The number of ether oxygens (including phenoxy) is 1. The Morgan fingerprint density at radius 3 is 2.52 bits per heavy atom. The summed E-state index contributed by atoms with van der Waals surface area (Å²) < 4.78 is 11.8. The van der Waals surface area contributed by atoms with Gasteiger partial charge in [0.25, 0.3) is 5.91 Å². The third-order valence-corrected chi connectivity index (χ3v) is 5.46. The molecule has 4 aromatic rings. The fourth-order valence-electron chi connectivity index (χ4n) is 4.08. The third-order valence-electron chi connectivity index (χ3n) is 5.46. The number of rotatable bonds is 5. The molecule has 31 heavy (non-hydrogen) atoms. The van der Waals surface area contributed by atoms with Crippen LogP contribution in [0.3, 0.4) is 0 Å². The molecule has 0 spiro atoms. The number of nitrogens with zero attached hydrogens (tertiary/aromatic N) is 1. The lowest BCUT2D eigenvalue weighted by Gasteiger charge is -2.25. The lowest BCUT2D eigenvalue weighted by atomic mass is 9.98. The number of benzene rings is 3. The van der Waals surface area contributed by atoms with E-state index in [2.05, 4.69) is 0 Å². The molecule has 1 unspecified atom stereocenters. The van der Waals surface area contributed by atoms with E-state index in [0.717, 1.165) is 12.0 Å². The van der Waals surface area contributed by atoms with Crippen LogP contribution >= 0.6 is 0 Å². The Kier molecular flexibility index (Phi) is 4.79. The first kappa shape index (κ1) is 19.1. The van der Waals surface area contributed by atoms with Gasteiger partial charge in [0.2, 0.25) is 5.76 Å². The largest absolute Gasteiger partial charge is 0.494 e. The number of para-hydroxylation sites is 2. The van der Waals surface area contributed by atoms with E-state index in [0.29, 0.717) is 34.6 Å². The van der Waals surface area contributed by atoms with Gasteiger partial charge in [-0.1, -0.05) is 49.4 Å². The van der Waals surface area contributed by atoms with E-state index in [4.69, 9.17) is 9.15 Å². The standard InChI is InChI=1S/C26H21NO4/c1-2-15-30-19-12-8-9-17(16-19)23-22-24(28)20-13-6-7-14-21(20)31-25(22)26(29)27(23)18-10-4-3-5-11-18/h3-14,16,23H,2,15H2,1H3. The van der Waals surface area contributed by atoms with Crippen LogP contribution in [0, 0.1) is 0 Å². The van der Waals surface area contributed by atoms with Gasteiger partial charge in [-0.3, -0.25) is 14.5 Å². The van der Waals surface area contributed by atoms with Crippen LogP contribution < -0.4 is 15.1 Å². The van der Waals surface area contributed by atoms with Crippen molar-refractivity contribution >= 4 is 22.6 Å². The maximum atomic E-state index is 13.5. The number of hydrogen-bond acceptors (Lipinski definition) is 4. The maximum Gasteiger partial charge on any atom is 0.295 e. The van der Waals surface area contributed by atoms with Crippen molar-refractivity contribution in [2.24, 2.45) is 0 Å². The molecular formula is C26H21NO4. The molecule has 1 aromatic heterocycles. The predicted molar refractivity (Wildman–Crippen MR) is 120 cm³/mol. The Morgan fingerprint density at radius 2 is 1.71 bits per heavy atom. The predicted octanol–water partition coefficient (Wildman–Crippen LogP) is 5.33. The molecule has 5 rings (SSSR count). The zero-order valence-corrected chi connectivity index (χ0v) is 17.1. The zero-order valence-electron chi connectivity index (χ0n) is 17.1. The smallest absolute Gasteiger partial charge is 0.295 e. The minimum absolute atomic E-state index is 0.0948. The van der Waals surface area contributed by atoms with Crippen molar-refractivity contribution in [2.75, 3.05) is 11.5 Å². The lowest BCUT2D eigenvalue weighted by molar-refractivity contribution is 0.0971. The summed E-state index contributed by atoms with van der Waals surface area (Å²) in [5, 5.41) is 0.465. The number of carbonyl (C=O) groups excluding carboxylic acids is 1. The number of carbonyl (C=O) groups is 1. The Balaban J connectivity index is 1.75. The van der Waals surface area contributed by atoms with Gasteiger partial charge in [-0.25, -0.2) is 0 Å². The summed E-state index contributed by atoms with van der Waals surface area (Å²) >= 11 is 0. The molecule has 0 bridgehead atoms. The van der Waals surface area contributed by atoms with Gasteiger partial charge in [-0.05, 0) is 48.4 Å². The zero-order chi connectivity index (χ0) is 21.4. The average Bonchev–Trinajstić information content (AvgIpc) is 3.11. The summed E-state index contributed by atoms with van der Waals surface area (Å²) in [5.41, 5.74) is 2.08. The Labute approximate surface area is 179 Å². The quantitative estimate of drug-likeness (QED) is 0.445. The molecule has 0 aliphatic carbocycles. The minimum Gasteiger partial charge on any atom is -0.494 e. The van der Waals surface area contributed by atoms with Crippen molar-refractivity contribution < 1.29 is 13.9 Å². The molecule has 0 saturated carbocycles. The Hall–Kier alpha value is -3.86. The van der Waals surface area contributed by atoms with Crippen LogP contribution in [0.1, 0.15) is 41.1 Å².